The Morgan fingerprint density at radius 2 is 0.490 bits per heavy atom. The van der Waals surface area contributed by atoms with Crippen molar-refractivity contribution < 1.29 is 96.5 Å². The van der Waals surface area contributed by atoms with Crippen LogP contribution in [0.1, 0.15) is 209 Å². The Morgan fingerprint density at radius 3 is 0.698 bits per heavy atom. The van der Waals surface area contributed by atoms with Gasteiger partial charge in [0.25, 0.3) is 10.1 Å². The minimum Gasteiger partial charge on any atom is -1.00 e. The maximum atomic E-state index is 11.4. The third kappa shape index (κ3) is 39.9. The third-order valence-electron chi connectivity index (χ3n) is 27.8. The van der Waals surface area contributed by atoms with E-state index in [0.717, 1.165) is 131 Å². The number of quaternary nitrogens is 4. The highest BCUT2D eigenvalue weighted by atomic mass is 79.9. The average molecular weight is 2450 g/mol. The Kier molecular flexibility index (Phi) is 50.6. The monoisotopic (exact) mass is 2450 g/mol. The summed E-state index contributed by atoms with van der Waals surface area (Å²) < 4.78 is 93.0. The van der Waals surface area contributed by atoms with E-state index in [1.807, 2.05) is 30.3 Å². The molecule has 0 amide bonds. The smallest absolute Gasteiger partial charge is 0.494 e. The van der Waals surface area contributed by atoms with Gasteiger partial charge >= 0.3 is 14.2 Å². The fourth-order valence-electron chi connectivity index (χ4n) is 18.3. The standard InChI is InChI=1S/C38H56N2O3S.C34H47B2N2O4.C25H29Br2N2.C22H23Br2N2.CH4O3S.CH4.2BrH/c1-4-7-10-16-29-40(30-17-11-8-5-2,31-18-12-9-6-3)32-34-21-25-37(26-22-34)39(36-19-14-13-15-20-36)38-27-23-35(24-28-38)33-44(41,42)43;1-31(2)32(3,4)40-35(39-31)26-14-20-29(21-15-26)37(28-18-12-25(13-19-28)24-38(9,10)11)30-22-16-27(17-23-30)36-41-33(5,6)34(7,8)42-36;1-4-29(5-2,6-3)19-20-7-13-23(14-8-20)28(24-15-9-21(26)10-16-24)25-17-11-22(27)12-18-25;1-26(2,3)16-17-4-10-20(11-5-17)25(21-12-6-18(23)7-13-21)22-14-8-19(24)9-15-22;1-5(2,3)4;;;/h13-15,19-28H,4-12,16-18,29-33H2,1-3H3;12-23H,24H2,1-11H3;7-18H,4-6,19H2,1-3H3;4-15H,16H2,1-3H3;1H3,(H,2,3,4);1H4;2*1H/q;3*+1;;;;/p-2. The van der Waals surface area contributed by atoms with Crippen LogP contribution >= 0.6 is 63.7 Å². The number of unbranched alkanes of at least 4 members (excludes halogenated alkanes) is 9. The number of benzene rings is 12. The summed E-state index contributed by atoms with van der Waals surface area (Å²) in [7, 11) is 4.48. The molecule has 12 aromatic carbocycles. The van der Waals surface area contributed by atoms with E-state index < -0.39 is 34.5 Å². The minimum atomic E-state index is -4.08. The first-order chi connectivity index (χ1) is 69.0. The summed E-state index contributed by atoms with van der Waals surface area (Å²) >= 11 is 14.2. The second-order valence-corrected chi connectivity index (χ2v) is 49.4. The van der Waals surface area contributed by atoms with Gasteiger partial charge in [-0.25, -0.2) is 8.42 Å². The molecule has 12 aromatic rings. The molecule has 1 N–H and O–H groups in total. The summed E-state index contributed by atoms with van der Waals surface area (Å²) in [6.07, 6.45) is 16.3. The number of para-hydroxylation sites is 1. The summed E-state index contributed by atoms with van der Waals surface area (Å²) in [4.78, 5) is 9.04. The third-order valence-corrected chi connectivity index (χ3v) is 30.7. The van der Waals surface area contributed by atoms with Crippen molar-refractivity contribution in [1.29, 1.82) is 0 Å². The van der Waals surface area contributed by atoms with Gasteiger partial charge in [0.15, 0.2) is 0 Å². The summed E-state index contributed by atoms with van der Waals surface area (Å²) in [6.45, 7) is 41.9. The summed E-state index contributed by atoms with van der Waals surface area (Å²) in [6, 6.07) is 104. The molecule has 0 unspecified atom stereocenters. The lowest BCUT2D eigenvalue weighted by molar-refractivity contribution is -0.941. The van der Waals surface area contributed by atoms with Crippen molar-refractivity contribution in [2.45, 2.75) is 236 Å². The molecular weight excluding hydrogens is 2290 g/mol. The molecule has 0 atom stereocenters. The Bertz CT molecular complexity index is 5950. The molecule has 0 saturated carbocycles. The van der Waals surface area contributed by atoms with E-state index >= 15 is 0 Å². The van der Waals surface area contributed by atoms with Gasteiger partial charge in [0.2, 0.25) is 0 Å². The molecule has 0 aliphatic carbocycles. The lowest BCUT2D eigenvalue weighted by Gasteiger charge is -2.40. The van der Waals surface area contributed by atoms with Gasteiger partial charge in [0, 0.05) is 115 Å². The second kappa shape index (κ2) is 58.8. The van der Waals surface area contributed by atoms with Crippen molar-refractivity contribution in [3.05, 3.63) is 343 Å². The molecule has 2 aliphatic rings. The molecule has 0 bridgehead atoms. The maximum Gasteiger partial charge on any atom is 0.494 e. The molecule has 0 aromatic heterocycles. The predicted octanol–water partition coefficient (Wildman–Crippen LogP) is 25.3. The molecular formula is C121H163B2Br6N8O10S2+. The van der Waals surface area contributed by atoms with Gasteiger partial charge in [-0.1, -0.05) is 234 Å². The van der Waals surface area contributed by atoms with E-state index in [1.165, 1.54) is 149 Å². The first-order valence-corrected chi connectivity index (χ1v) is 58.4. The number of anilines is 12. The number of hydrogen-bond acceptors (Lipinski definition) is 13. The van der Waals surface area contributed by atoms with Crippen LogP contribution in [-0.4, -0.2) is 168 Å². The van der Waals surface area contributed by atoms with Crippen LogP contribution in [0, 0.1) is 0 Å². The van der Waals surface area contributed by atoms with Crippen LogP contribution in [0.25, 0.3) is 0 Å². The maximum absolute atomic E-state index is 11.4. The van der Waals surface area contributed by atoms with E-state index in [4.69, 9.17) is 31.6 Å². The molecule has 28 heteroatoms. The van der Waals surface area contributed by atoms with Gasteiger partial charge in [-0.2, -0.15) is 8.42 Å². The molecule has 14 rings (SSSR count). The van der Waals surface area contributed by atoms with Crippen LogP contribution < -0.4 is 64.5 Å². The Morgan fingerprint density at radius 1 is 0.295 bits per heavy atom. The van der Waals surface area contributed by atoms with Gasteiger partial charge in [-0.05, 0) is 325 Å². The second-order valence-electron chi connectivity index (χ2n) is 42.9. The van der Waals surface area contributed by atoms with Crippen LogP contribution in [0.2, 0.25) is 0 Å². The summed E-state index contributed by atoms with van der Waals surface area (Å²) in [5.74, 6) is -0.386. The zero-order chi connectivity index (χ0) is 106. The molecule has 0 spiro atoms. The lowest BCUT2D eigenvalue weighted by atomic mass is 9.79. The van der Waals surface area contributed by atoms with Crippen molar-refractivity contribution in [2.24, 2.45) is 0 Å². The van der Waals surface area contributed by atoms with Gasteiger partial charge in [-0.3, -0.25) is 4.55 Å². The first-order valence-electron chi connectivity index (χ1n) is 51.8. The van der Waals surface area contributed by atoms with Crippen molar-refractivity contribution in [3.8, 4) is 0 Å². The largest absolute Gasteiger partial charge is 1.00 e. The SMILES string of the molecule is C.CC1(C)OB(c2ccc(N(c3ccc(C[N+](C)(C)C)cc3)c3ccc(B4OC(C)(C)C(C)(C)O4)cc3)cc2)OC1(C)C.CCCCCC[N+](CCCCCC)(CCCCCC)Cc1ccc(N(c2ccccc2)c2ccc(CS(=O)(=O)O)cc2)cc1.CC[N+](CC)(CC)Cc1ccc(N(c2ccc(Br)cc2)c2ccc(Br)cc2)cc1.CS(=O)(=O)[O-].C[N+](C)(C)Cc1ccc(N(c2ccc(Br)cc2)c2ccc(Br)cc2)cc1.[Br-].[Br-]. The first kappa shape index (κ1) is 128. The molecule has 2 heterocycles. The Hall–Kier alpha value is -7.65. The molecule has 2 saturated heterocycles. The average Bonchev–Trinajstić information content (AvgIpc) is 1.60. The van der Waals surface area contributed by atoms with Gasteiger partial charge in [-0.15, -0.1) is 0 Å². The van der Waals surface area contributed by atoms with Crippen LogP contribution in [-0.2, 0) is 70.8 Å². The quantitative estimate of drug-likeness (QED) is 0.0166. The Labute approximate surface area is 951 Å². The topological polar surface area (TPSA) is 161 Å². The van der Waals surface area contributed by atoms with Crippen molar-refractivity contribution in [3.63, 3.8) is 0 Å². The number of hydrogen-bond donors (Lipinski definition) is 1. The number of halogens is 6. The highest BCUT2D eigenvalue weighted by Gasteiger charge is 2.53. The molecule has 18 nitrogen and oxygen atoms in total. The summed E-state index contributed by atoms with van der Waals surface area (Å²) in [5.41, 5.74) is 19.6. The molecule has 2 fully saturated rings. The highest BCUT2D eigenvalue weighted by Crippen LogP contribution is 2.44. The van der Waals surface area contributed by atoms with Gasteiger partial charge in [0.05, 0.1) is 114 Å². The number of nitrogens with zero attached hydrogens (tertiary/aromatic N) is 8. The van der Waals surface area contributed by atoms with Crippen molar-refractivity contribution >= 4 is 177 Å². The minimum absolute atomic E-state index is 0. The van der Waals surface area contributed by atoms with E-state index in [-0.39, 0.29) is 69.5 Å². The predicted molar refractivity (Wildman–Crippen MR) is 634 cm³/mol. The van der Waals surface area contributed by atoms with Gasteiger partial charge < -0.3 is 94.7 Å². The highest BCUT2D eigenvalue weighted by molar-refractivity contribution is 9.11. The van der Waals surface area contributed by atoms with Crippen LogP contribution in [0.15, 0.2) is 315 Å². The molecule has 2 aliphatic heterocycles. The molecule has 806 valence electrons. The van der Waals surface area contributed by atoms with E-state index in [1.54, 1.807) is 12.1 Å². The normalized spacial score (nSPS) is 14.0. The van der Waals surface area contributed by atoms with Crippen molar-refractivity contribution in [1.82, 2.24) is 0 Å². The van der Waals surface area contributed by atoms with Crippen LogP contribution in [0.4, 0.5) is 68.2 Å². The molecule has 0 radical (unpaired) electrons. The lowest BCUT2D eigenvalue weighted by Crippen LogP contribution is -3.00. The zero-order valence-electron chi connectivity index (χ0n) is 91.0. The molecule has 149 heavy (non-hydrogen) atoms. The van der Waals surface area contributed by atoms with Crippen LogP contribution in [0.5, 0.6) is 0 Å². The number of rotatable bonds is 42. The summed E-state index contributed by atoms with van der Waals surface area (Å²) in [5, 5.41) is 0. The van der Waals surface area contributed by atoms with E-state index in [2.05, 4.69) is 477 Å². The van der Waals surface area contributed by atoms with Crippen molar-refractivity contribution in [2.75, 3.05) is 107 Å². The van der Waals surface area contributed by atoms with E-state index in [9.17, 15) is 13.0 Å². The van der Waals surface area contributed by atoms with E-state index in [0.29, 0.717) is 11.8 Å². The fraction of sp³-hybridized carbons (Fsp3) is 0.405. The zero-order valence-corrected chi connectivity index (χ0v) is 102. The Balaban J connectivity index is 0.000000268. The fourth-order valence-corrected chi connectivity index (χ4v) is 19.9. The van der Waals surface area contributed by atoms with Crippen LogP contribution in [0.3, 0.4) is 0 Å². The van der Waals surface area contributed by atoms with Gasteiger partial charge in [0.1, 0.15) is 31.9 Å².